The van der Waals surface area contributed by atoms with E-state index in [4.69, 9.17) is 0 Å². The number of pyridine rings is 1. The maximum absolute atomic E-state index is 12.6. The second-order valence-corrected chi connectivity index (χ2v) is 6.88. The SMILES string of the molecule is O=C(NC1CCCCCC1CO)c1cc2c([nH]c1=O)CCCC2. The molecule has 0 aliphatic heterocycles. The van der Waals surface area contributed by atoms with Crippen LogP contribution in [0.2, 0.25) is 0 Å². The van der Waals surface area contributed by atoms with E-state index in [0.29, 0.717) is 0 Å². The number of fused-ring (bicyclic) bond motifs is 1. The van der Waals surface area contributed by atoms with E-state index in [1.807, 2.05) is 0 Å². The van der Waals surface area contributed by atoms with E-state index in [-0.39, 0.29) is 35.6 Å². The molecule has 1 fully saturated rings. The lowest BCUT2D eigenvalue weighted by Gasteiger charge is -2.24. The minimum Gasteiger partial charge on any atom is -0.396 e. The molecule has 1 heterocycles. The van der Waals surface area contributed by atoms with E-state index in [2.05, 4.69) is 10.3 Å². The number of carbonyl (C=O) groups excluding carboxylic acids is 1. The molecule has 0 bridgehead atoms. The molecule has 0 saturated heterocycles. The molecule has 1 aromatic heterocycles. The molecular weight excluding hydrogens is 292 g/mol. The normalized spacial score (nSPS) is 24.6. The highest BCUT2D eigenvalue weighted by Gasteiger charge is 2.26. The third-order valence-corrected chi connectivity index (χ3v) is 5.29. The monoisotopic (exact) mass is 318 g/mol. The van der Waals surface area contributed by atoms with E-state index in [1.165, 1.54) is 0 Å². The molecule has 2 aliphatic rings. The van der Waals surface area contributed by atoms with Crippen LogP contribution in [0.1, 0.15) is 66.6 Å². The zero-order chi connectivity index (χ0) is 16.2. The number of aliphatic hydroxyl groups is 1. The standard InChI is InChI=1S/C18H26N2O3/c21-11-13-7-2-1-3-8-16(13)20-18(23)14-10-12-6-4-5-9-15(12)19-17(14)22/h10,13,16,21H,1-9,11H2,(H,19,22)(H,20,23). The van der Waals surface area contributed by atoms with E-state index in [0.717, 1.165) is 69.0 Å². The minimum absolute atomic E-state index is 0.0366. The predicted molar refractivity (Wildman–Crippen MR) is 88.6 cm³/mol. The van der Waals surface area contributed by atoms with Crippen molar-refractivity contribution >= 4 is 5.91 Å². The van der Waals surface area contributed by atoms with Crippen molar-refractivity contribution in [3.05, 3.63) is 33.2 Å². The highest BCUT2D eigenvalue weighted by Crippen LogP contribution is 2.24. The van der Waals surface area contributed by atoms with Crippen molar-refractivity contribution in [3.8, 4) is 0 Å². The number of aryl methyl sites for hydroxylation is 2. The van der Waals surface area contributed by atoms with Crippen LogP contribution in [0.25, 0.3) is 0 Å². The number of hydrogen-bond donors (Lipinski definition) is 3. The number of H-pyrrole nitrogens is 1. The lowest BCUT2D eigenvalue weighted by Crippen LogP contribution is -2.43. The van der Waals surface area contributed by atoms with Crippen LogP contribution in [0.5, 0.6) is 0 Å². The predicted octanol–water partition coefficient (Wildman–Crippen LogP) is 1.92. The number of hydrogen-bond acceptors (Lipinski definition) is 3. The van der Waals surface area contributed by atoms with Crippen LogP contribution in [-0.2, 0) is 12.8 Å². The smallest absolute Gasteiger partial charge is 0.261 e. The van der Waals surface area contributed by atoms with Gasteiger partial charge < -0.3 is 15.4 Å². The Kier molecular flexibility index (Phi) is 5.16. The summed E-state index contributed by atoms with van der Waals surface area (Å²) in [5.74, 6) is -0.205. The topological polar surface area (TPSA) is 82.2 Å². The van der Waals surface area contributed by atoms with Crippen LogP contribution in [0.4, 0.5) is 0 Å². The van der Waals surface area contributed by atoms with Gasteiger partial charge in [0, 0.05) is 24.3 Å². The number of amides is 1. The molecule has 2 atom stereocenters. The molecule has 5 heteroatoms. The Morgan fingerprint density at radius 2 is 1.96 bits per heavy atom. The van der Waals surface area contributed by atoms with Gasteiger partial charge in [0.15, 0.2) is 0 Å². The lowest BCUT2D eigenvalue weighted by molar-refractivity contribution is 0.0897. The average Bonchev–Trinajstić information content (AvgIpc) is 2.79. The van der Waals surface area contributed by atoms with Crippen molar-refractivity contribution in [3.63, 3.8) is 0 Å². The number of nitrogens with one attached hydrogen (secondary N) is 2. The molecule has 2 unspecified atom stereocenters. The molecule has 126 valence electrons. The van der Waals surface area contributed by atoms with Crippen molar-refractivity contribution in [1.29, 1.82) is 0 Å². The Balaban J connectivity index is 1.78. The Bertz CT molecular complexity index is 623. The third kappa shape index (κ3) is 3.66. The van der Waals surface area contributed by atoms with Crippen LogP contribution in [0.15, 0.2) is 10.9 Å². The second kappa shape index (κ2) is 7.30. The largest absolute Gasteiger partial charge is 0.396 e. The van der Waals surface area contributed by atoms with Crippen LogP contribution in [0.3, 0.4) is 0 Å². The first kappa shape index (κ1) is 16.2. The van der Waals surface area contributed by atoms with Crippen LogP contribution in [-0.4, -0.2) is 28.6 Å². The summed E-state index contributed by atoms with van der Waals surface area (Å²) >= 11 is 0. The van der Waals surface area contributed by atoms with Gasteiger partial charge >= 0.3 is 0 Å². The molecule has 0 radical (unpaired) electrons. The Labute approximate surface area is 136 Å². The summed E-state index contributed by atoms with van der Waals surface area (Å²) in [5.41, 5.74) is 2.00. The number of carbonyl (C=O) groups is 1. The van der Waals surface area contributed by atoms with Crippen molar-refractivity contribution in [2.45, 2.75) is 63.8 Å². The molecule has 5 nitrogen and oxygen atoms in total. The van der Waals surface area contributed by atoms with Gasteiger partial charge in [0.2, 0.25) is 0 Å². The summed E-state index contributed by atoms with van der Waals surface area (Å²) in [7, 11) is 0. The van der Waals surface area contributed by atoms with Crippen molar-refractivity contribution in [2.24, 2.45) is 5.92 Å². The number of aromatic amines is 1. The molecule has 3 N–H and O–H groups in total. The van der Waals surface area contributed by atoms with Gasteiger partial charge in [0.05, 0.1) is 0 Å². The zero-order valence-corrected chi connectivity index (χ0v) is 13.6. The Morgan fingerprint density at radius 1 is 1.17 bits per heavy atom. The fourth-order valence-corrected chi connectivity index (χ4v) is 3.88. The molecular formula is C18H26N2O3. The maximum atomic E-state index is 12.6. The van der Waals surface area contributed by atoms with Gasteiger partial charge in [0.1, 0.15) is 5.56 Å². The van der Waals surface area contributed by atoms with Gasteiger partial charge in [-0.1, -0.05) is 19.3 Å². The average molecular weight is 318 g/mol. The molecule has 0 aromatic carbocycles. The van der Waals surface area contributed by atoms with Crippen molar-refractivity contribution < 1.29 is 9.90 Å². The molecule has 1 saturated carbocycles. The third-order valence-electron chi connectivity index (χ3n) is 5.29. The summed E-state index contributed by atoms with van der Waals surface area (Å²) in [6.07, 6.45) is 9.12. The first-order valence-corrected chi connectivity index (χ1v) is 8.86. The summed E-state index contributed by atoms with van der Waals surface area (Å²) < 4.78 is 0. The van der Waals surface area contributed by atoms with Gasteiger partial charge in [0.25, 0.3) is 11.5 Å². The number of rotatable bonds is 3. The molecule has 1 amide bonds. The van der Waals surface area contributed by atoms with Gasteiger partial charge in [-0.2, -0.15) is 0 Å². The van der Waals surface area contributed by atoms with Crippen LogP contribution in [0, 0.1) is 5.92 Å². The summed E-state index contributed by atoms with van der Waals surface area (Å²) in [6, 6.07) is 1.73. The zero-order valence-electron chi connectivity index (χ0n) is 13.6. The minimum atomic E-state index is -0.301. The quantitative estimate of drug-likeness (QED) is 0.745. The van der Waals surface area contributed by atoms with E-state index in [9.17, 15) is 14.7 Å². The molecule has 3 rings (SSSR count). The second-order valence-electron chi connectivity index (χ2n) is 6.88. The van der Waals surface area contributed by atoms with Gasteiger partial charge in [-0.15, -0.1) is 0 Å². The number of aromatic nitrogens is 1. The van der Waals surface area contributed by atoms with Crippen LogP contribution < -0.4 is 10.9 Å². The van der Waals surface area contributed by atoms with Gasteiger partial charge in [-0.25, -0.2) is 0 Å². The van der Waals surface area contributed by atoms with Gasteiger partial charge in [-0.05, 0) is 50.2 Å². The Hall–Kier alpha value is -1.62. The first-order chi connectivity index (χ1) is 11.2. The highest BCUT2D eigenvalue weighted by molar-refractivity contribution is 5.94. The first-order valence-electron chi connectivity index (χ1n) is 8.86. The van der Waals surface area contributed by atoms with E-state index in [1.54, 1.807) is 6.07 Å². The summed E-state index contributed by atoms with van der Waals surface area (Å²) in [6.45, 7) is 0.0888. The lowest BCUT2D eigenvalue weighted by atomic mass is 9.94. The van der Waals surface area contributed by atoms with E-state index >= 15 is 0 Å². The fourth-order valence-electron chi connectivity index (χ4n) is 3.88. The Morgan fingerprint density at radius 3 is 2.78 bits per heavy atom. The van der Waals surface area contributed by atoms with Crippen molar-refractivity contribution in [1.82, 2.24) is 10.3 Å². The van der Waals surface area contributed by atoms with E-state index < -0.39 is 0 Å². The molecule has 0 spiro atoms. The van der Waals surface area contributed by atoms with Crippen molar-refractivity contribution in [2.75, 3.05) is 6.61 Å². The summed E-state index contributed by atoms with van der Waals surface area (Å²) in [5, 5.41) is 12.6. The summed E-state index contributed by atoms with van der Waals surface area (Å²) in [4.78, 5) is 27.7. The van der Waals surface area contributed by atoms with Crippen LogP contribution >= 0.6 is 0 Å². The highest BCUT2D eigenvalue weighted by atomic mass is 16.3. The van der Waals surface area contributed by atoms with Gasteiger partial charge in [-0.3, -0.25) is 9.59 Å². The number of aliphatic hydroxyl groups excluding tert-OH is 1. The molecule has 2 aliphatic carbocycles. The maximum Gasteiger partial charge on any atom is 0.261 e. The molecule has 1 aromatic rings. The fraction of sp³-hybridized carbons (Fsp3) is 0.667. The molecule has 23 heavy (non-hydrogen) atoms.